The molecule has 1 unspecified atom stereocenters. The third-order valence-electron chi connectivity index (χ3n) is 7.87. The van der Waals surface area contributed by atoms with Gasteiger partial charge in [-0.15, -0.1) is 0 Å². The van der Waals surface area contributed by atoms with Crippen LogP contribution in [0.25, 0.3) is 0 Å². The highest BCUT2D eigenvalue weighted by Gasteiger charge is 2.35. The number of benzene rings is 4. The lowest BCUT2D eigenvalue weighted by atomic mass is 10.0. The van der Waals surface area contributed by atoms with E-state index in [-0.39, 0.29) is 23.8 Å². The first kappa shape index (κ1) is 34.7. The van der Waals surface area contributed by atoms with Crippen LogP contribution in [0, 0.1) is 6.92 Å². The summed E-state index contributed by atoms with van der Waals surface area (Å²) in [6.45, 7) is 5.90. The van der Waals surface area contributed by atoms with Gasteiger partial charge in [0, 0.05) is 24.5 Å². The van der Waals surface area contributed by atoms with Crippen LogP contribution in [0.15, 0.2) is 108 Å². The SMILES string of the molecule is CCCCNC(=O)C(Cc1ccccc1)N(Cc1cccc(Cl)c1)C(=O)CN(c1ccccc1CC)S(=O)(=O)c1ccc(C)cc1. The van der Waals surface area contributed by atoms with Crippen LogP contribution < -0.4 is 9.62 Å². The number of aryl methyl sites for hydroxylation is 2. The smallest absolute Gasteiger partial charge is 0.264 e. The van der Waals surface area contributed by atoms with Gasteiger partial charge in [-0.2, -0.15) is 0 Å². The number of unbranched alkanes of at least 4 members (excludes halogenated alkanes) is 1. The molecule has 0 spiro atoms. The number of carbonyl (C=O) groups is 2. The monoisotopic (exact) mass is 659 g/mol. The topological polar surface area (TPSA) is 86.8 Å². The minimum absolute atomic E-state index is 0.0614. The van der Waals surface area contributed by atoms with Crippen molar-refractivity contribution in [2.45, 2.75) is 63.9 Å². The van der Waals surface area contributed by atoms with Gasteiger partial charge in [0.2, 0.25) is 11.8 Å². The molecule has 4 aromatic rings. The first-order valence-corrected chi connectivity index (χ1v) is 17.5. The van der Waals surface area contributed by atoms with Gasteiger partial charge in [-0.05, 0) is 66.8 Å². The molecule has 0 fully saturated rings. The molecule has 0 aliphatic carbocycles. The van der Waals surface area contributed by atoms with Crippen LogP contribution >= 0.6 is 11.6 Å². The fraction of sp³-hybridized carbons (Fsp3) is 0.297. The maximum atomic E-state index is 14.6. The van der Waals surface area contributed by atoms with Gasteiger partial charge >= 0.3 is 0 Å². The number of rotatable bonds is 15. The van der Waals surface area contributed by atoms with Crippen molar-refractivity contribution in [2.75, 3.05) is 17.4 Å². The van der Waals surface area contributed by atoms with Gasteiger partial charge in [-0.25, -0.2) is 8.42 Å². The molecule has 4 rings (SSSR count). The molecule has 0 aliphatic rings. The molecule has 9 heteroatoms. The van der Waals surface area contributed by atoms with Crippen LogP contribution in [-0.4, -0.2) is 44.3 Å². The van der Waals surface area contributed by atoms with Crippen LogP contribution in [0.5, 0.6) is 0 Å². The number of halogens is 1. The number of anilines is 1. The Morgan fingerprint density at radius 2 is 1.52 bits per heavy atom. The highest BCUT2D eigenvalue weighted by molar-refractivity contribution is 7.92. The third kappa shape index (κ3) is 8.98. The Morgan fingerprint density at radius 1 is 0.848 bits per heavy atom. The fourth-order valence-electron chi connectivity index (χ4n) is 5.30. The summed E-state index contributed by atoms with van der Waals surface area (Å²) in [6.07, 6.45) is 2.51. The molecule has 0 aromatic heterocycles. The minimum Gasteiger partial charge on any atom is -0.354 e. The van der Waals surface area contributed by atoms with Crippen molar-refractivity contribution >= 4 is 39.1 Å². The second-order valence-electron chi connectivity index (χ2n) is 11.3. The average Bonchev–Trinajstić information content (AvgIpc) is 3.05. The van der Waals surface area contributed by atoms with E-state index in [1.807, 2.05) is 69.3 Å². The summed E-state index contributed by atoms with van der Waals surface area (Å²) < 4.78 is 29.8. The number of para-hydroxylation sites is 1. The number of amides is 2. The van der Waals surface area contributed by atoms with Gasteiger partial charge in [-0.3, -0.25) is 13.9 Å². The van der Waals surface area contributed by atoms with E-state index in [1.54, 1.807) is 54.6 Å². The van der Waals surface area contributed by atoms with E-state index < -0.39 is 28.5 Å². The van der Waals surface area contributed by atoms with E-state index >= 15 is 0 Å². The summed E-state index contributed by atoms with van der Waals surface area (Å²) in [4.78, 5) is 30.1. The number of nitrogens with zero attached hydrogens (tertiary/aromatic N) is 2. The minimum atomic E-state index is -4.17. The number of hydrogen-bond donors (Lipinski definition) is 1. The Labute approximate surface area is 278 Å². The van der Waals surface area contributed by atoms with Crippen LogP contribution in [0.1, 0.15) is 48.9 Å². The quantitative estimate of drug-likeness (QED) is 0.140. The Morgan fingerprint density at radius 3 is 2.20 bits per heavy atom. The van der Waals surface area contributed by atoms with Gasteiger partial charge in [0.15, 0.2) is 0 Å². The van der Waals surface area contributed by atoms with Gasteiger partial charge in [0.25, 0.3) is 10.0 Å². The van der Waals surface area contributed by atoms with E-state index in [0.717, 1.165) is 35.1 Å². The second-order valence-corrected chi connectivity index (χ2v) is 13.6. The standard InChI is InChI=1S/C37H42ClN3O4S/c1-4-6-23-39-37(43)35(25-29-13-8-7-9-14-29)40(26-30-15-12-17-32(38)24-30)36(42)27-41(34-18-11-10-16-31(34)5-2)46(44,45)33-21-19-28(3)20-22-33/h7-22,24,35H,4-6,23,25-27H2,1-3H3,(H,39,43). The molecule has 2 amide bonds. The molecule has 1 atom stereocenters. The summed E-state index contributed by atoms with van der Waals surface area (Å²) >= 11 is 6.33. The predicted octanol–water partition coefficient (Wildman–Crippen LogP) is 6.96. The average molecular weight is 660 g/mol. The summed E-state index contributed by atoms with van der Waals surface area (Å²) in [5, 5.41) is 3.51. The molecule has 46 heavy (non-hydrogen) atoms. The number of hydrogen-bond acceptors (Lipinski definition) is 4. The van der Waals surface area contributed by atoms with Gasteiger partial charge in [-0.1, -0.05) is 110 Å². The molecule has 7 nitrogen and oxygen atoms in total. The van der Waals surface area contributed by atoms with Crippen molar-refractivity contribution in [3.8, 4) is 0 Å². The van der Waals surface area contributed by atoms with Crippen molar-refractivity contribution in [3.63, 3.8) is 0 Å². The van der Waals surface area contributed by atoms with Crippen molar-refractivity contribution in [1.82, 2.24) is 10.2 Å². The van der Waals surface area contributed by atoms with Gasteiger partial charge in [0.05, 0.1) is 10.6 Å². The molecule has 242 valence electrons. The predicted molar refractivity (Wildman–Crippen MR) is 185 cm³/mol. The number of nitrogens with one attached hydrogen (secondary N) is 1. The second kappa shape index (κ2) is 16.4. The molecular weight excluding hydrogens is 618 g/mol. The number of carbonyl (C=O) groups excluding carboxylic acids is 2. The van der Waals surface area contributed by atoms with E-state index in [0.29, 0.717) is 23.7 Å². The lowest BCUT2D eigenvalue weighted by molar-refractivity contribution is -0.140. The van der Waals surface area contributed by atoms with Crippen LogP contribution in [0.2, 0.25) is 5.02 Å². The van der Waals surface area contributed by atoms with E-state index in [9.17, 15) is 18.0 Å². The summed E-state index contributed by atoms with van der Waals surface area (Å²) in [7, 11) is -4.17. The van der Waals surface area contributed by atoms with Gasteiger partial charge < -0.3 is 10.2 Å². The molecule has 0 aliphatic heterocycles. The maximum Gasteiger partial charge on any atom is 0.264 e. The van der Waals surface area contributed by atoms with Crippen molar-refractivity contribution < 1.29 is 18.0 Å². The third-order valence-corrected chi connectivity index (χ3v) is 9.88. The highest BCUT2D eigenvalue weighted by Crippen LogP contribution is 2.29. The molecule has 0 saturated carbocycles. The van der Waals surface area contributed by atoms with Crippen molar-refractivity contribution in [1.29, 1.82) is 0 Å². The zero-order valence-corrected chi connectivity index (χ0v) is 28.2. The molecule has 0 radical (unpaired) electrons. The van der Waals surface area contributed by atoms with Crippen LogP contribution in [0.3, 0.4) is 0 Å². The van der Waals surface area contributed by atoms with E-state index in [2.05, 4.69) is 5.32 Å². The zero-order valence-electron chi connectivity index (χ0n) is 26.7. The van der Waals surface area contributed by atoms with E-state index in [1.165, 1.54) is 9.21 Å². The Balaban J connectivity index is 1.82. The lowest BCUT2D eigenvalue weighted by Gasteiger charge is -2.34. The molecule has 4 aromatic carbocycles. The molecular formula is C37H42ClN3O4S. The Bertz CT molecular complexity index is 1710. The summed E-state index contributed by atoms with van der Waals surface area (Å²) in [5.74, 6) is -0.803. The van der Waals surface area contributed by atoms with Crippen LogP contribution in [0.4, 0.5) is 5.69 Å². The zero-order chi connectivity index (χ0) is 33.1. The maximum absolute atomic E-state index is 14.6. The first-order chi connectivity index (χ1) is 22.1. The fourth-order valence-corrected chi connectivity index (χ4v) is 6.96. The largest absolute Gasteiger partial charge is 0.354 e. The molecule has 1 N–H and O–H groups in total. The molecule has 0 bridgehead atoms. The summed E-state index contributed by atoms with van der Waals surface area (Å²) in [5.41, 5.74) is 3.73. The van der Waals surface area contributed by atoms with E-state index in [4.69, 9.17) is 11.6 Å². The number of sulfonamides is 1. The van der Waals surface area contributed by atoms with Gasteiger partial charge in [0.1, 0.15) is 12.6 Å². The lowest BCUT2D eigenvalue weighted by Crippen LogP contribution is -2.53. The van der Waals surface area contributed by atoms with Crippen molar-refractivity contribution in [3.05, 3.63) is 130 Å². The normalized spacial score (nSPS) is 11.9. The highest BCUT2D eigenvalue weighted by atomic mass is 35.5. The Hall–Kier alpha value is -4.14. The molecule has 0 heterocycles. The summed E-state index contributed by atoms with van der Waals surface area (Å²) in [6, 6.07) is 29.5. The van der Waals surface area contributed by atoms with Crippen molar-refractivity contribution in [2.24, 2.45) is 0 Å². The first-order valence-electron chi connectivity index (χ1n) is 15.7. The molecule has 0 saturated heterocycles. The Kier molecular flexibility index (Phi) is 12.4. The van der Waals surface area contributed by atoms with Crippen LogP contribution in [-0.2, 0) is 39.0 Å².